The van der Waals surface area contributed by atoms with Crippen LogP contribution in [0.1, 0.15) is 36.4 Å². The monoisotopic (exact) mass is 312 g/mol. The maximum Gasteiger partial charge on any atom is 0.410 e. The summed E-state index contributed by atoms with van der Waals surface area (Å²) in [6.07, 6.45) is 2.01. The molecular weight excluding hydrogens is 292 g/mol. The van der Waals surface area contributed by atoms with Crippen molar-refractivity contribution in [1.29, 1.82) is 0 Å². The number of hydrogen-bond acceptors (Lipinski definition) is 5. The molecular formula is C13H20N4O3S. The van der Waals surface area contributed by atoms with E-state index in [1.54, 1.807) is 0 Å². The summed E-state index contributed by atoms with van der Waals surface area (Å²) in [5.41, 5.74) is -0.181. The summed E-state index contributed by atoms with van der Waals surface area (Å²) in [5, 5.41) is 14.4. The van der Waals surface area contributed by atoms with Crippen LogP contribution in [0.2, 0.25) is 0 Å². The van der Waals surface area contributed by atoms with E-state index in [0.717, 1.165) is 37.3 Å². The third kappa shape index (κ3) is 3.16. The Hall–Kier alpha value is -1.67. The SMILES string of the molecule is CCC1(CC)CNCCN1C(=O)c1cnc(NC(=O)O)s1. The molecule has 8 heteroatoms. The molecule has 7 nitrogen and oxygen atoms in total. The molecule has 0 saturated carbocycles. The highest BCUT2D eigenvalue weighted by Gasteiger charge is 2.39. The summed E-state index contributed by atoms with van der Waals surface area (Å²) >= 11 is 1.07. The molecule has 21 heavy (non-hydrogen) atoms. The molecule has 0 atom stereocenters. The Balaban J connectivity index is 2.21. The first-order chi connectivity index (χ1) is 10.0. The van der Waals surface area contributed by atoms with E-state index in [1.165, 1.54) is 6.20 Å². The number of rotatable bonds is 4. The Morgan fingerprint density at radius 3 is 2.86 bits per heavy atom. The van der Waals surface area contributed by atoms with Crippen LogP contribution in [0.25, 0.3) is 0 Å². The van der Waals surface area contributed by atoms with E-state index in [-0.39, 0.29) is 16.6 Å². The molecule has 3 N–H and O–H groups in total. The molecule has 1 aliphatic heterocycles. The molecule has 1 aromatic heterocycles. The number of carbonyl (C=O) groups excluding carboxylic acids is 1. The highest BCUT2D eigenvalue weighted by molar-refractivity contribution is 7.17. The van der Waals surface area contributed by atoms with Crippen molar-refractivity contribution in [1.82, 2.24) is 15.2 Å². The predicted octanol–water partition coefficient (Wildman–Crippen LogP) is 1.84. The van der Waals surface area contributed by atoms with Gasteiger partial charge in [-0.15, -0.1) is 0 Å². The average Bonchev–Trinajstić information content (AvgIpc) is 2.94. The smallest absolute Gasteiger partial charge is 0.410 e. The molecule has 1 fully saturated rings. The molecule has 2 amide bonds. The Bertz CT molecular complexity index is 527. The van der Waals surface area contributed by atoms with Gasteiger partial charge >= 0.3 is 6.09 Å². The lowest BCUT2D eigenvalue weighted by atomic mass is 9.88. The van der Waals surface area contributed by atoms with Crippen molar-refractivity contribution in [2.75, 3.05) is 25.0 Å². The molecule has 2 heterocycles. The normalized spacial score (nSPS) is 17.5. The number of carbonyl (C=O) groups is 2. The van der Waals surface area contributed by atoms with Crippen LogP contribution in [-0.4, -0.2) is 52.2 Å². The number of amides is 2. The van der Waals surface area contributed by atoms with Crippen molar-refractivity contribution in [3.63, 3.8) is 0 Å². The minimum Gasteiger partial charge on any atom is -0.465 e. The molecule has 1 aliphatic rings. The van der Waals surface area contributed by atoms with E-state index in [4.69, 9.17) is 5.11 Å². The highest BCUT2D eigenvalue weighted by atomic mass is 32.1. The van der Waals surface area contributed by atoms with E-state index in [0.29, 0.717) is 11.4 Å². The number of aromatic nitrogens is 1. The van der Waals surface area contributed by atoms with Gasteiger partial charge in [0.15, 0.2) is 5.13 Å². The second-order valence-electron chi connectivity index (χ2n) is 5.02. The molecule has 0 aromatic carbocycles. The van der Waals surface area contributed by atoms with Gasteiger partial charge in [-0.3, -0.25) is 10.1 Å². The van der Waals surface area contributed by atoms with E-state index >= 15 is 0 Å². The lowest BCUT2D eigenvalue weighted by Crippen LogP contribution is -2.62. The van der Waals surface area contributed by atoms with Gasteiger partial charge in [0, 0.05) is 19.6 Å². The summed E-state index contributed by atoms with van der Waals surface area (Å²) in [6.45, 7) is 6.37. The second-order valence-corrected chi connectivity index (χ2v) is 6.06. The van der Waals surface area contributed by atoms with E-state index < -0.39 is 6.09 Å². The number of nitrogens with zero attached hydrogens (tertiary/aromatic N) is 2. The Labute approximate surface area is 127 Å². The maximum atomic E-state index is 12.7. The standard InChI is InChI=1S/C13H20N4O3S/c1-3-13(4-2)8-14-5-6-17(13)10(18)9-7-15-11(21-9)16-12(19)20/h7,14H,3-6,8H2,1-2H3,(H,15,16)(H,19,20). The average molecular weight is 312 g/mol. The van der Waals surface area contributed by atoms with Crippen molar-refractivity contribution in [3.05, 3.63) is 11.1 Å². The minimum absolute atomic E-state index is 0.0730. The molecule has 1 aromatic rings. The number of anilines is 1. The molecule has 1 saturated heterocycles. The molecule has 0 aliphatic carbocycles. The zero-order chi connectivity index (χ0) is 15.5. The molecule has 116 valence electrons. The Morgan fingerprint density at radius 1 is 1.52 bits per heavy atom. The number of nitrogens with one attached hydrogen (secondary N) is 2. The number of piperazine rings is 1. The molecule has 0 unspecified atom stereocenters. The fourth-order valence-corrected chi connectivity index (χ4v) is 3.45. The third-order valence-corrected chi connectivity index (χ3v) is 4.93. The van der Waals surface area contributed by atoms with Crippen LogP contribution in [0, 0.1) is 0 Å². The first-order valence-corrected chi connectivity index (χ1v) is 7.82. The Morgan fingerprint density at radius 2 is 2.24 bits per heavy atom. The van der Waals surface area contributed by atoms with Crippen molar-refractivity contribution in [2.45, 2.75) is 32.2 Å². The van der Waals surface area contributed by atoms with Crippen LogP contribution in [0.5, 0.6) is 0 Å². The topological polar surface area (TPSA) is 94.6 Å². The molecule has 0 bridgehead atoms. The highest BCUT2D eigenvalue weighted by Crippen LogP contribution is 2.29. The second kappa shape index (κ2) is 6.40. The first-order valence-electron chi connectivity index (χ1n) is 7.01. The van der Waals surface area contributed by atoms with Gasteiger partial charge in [-0.2, -0.15) is 0 Å². The van der Waals surface area contributed by atoms with Gasteiger partial charge < -0.3 is 15.3 Å². The number of carboxylic acid groups (broad SMARTS) is 1. The maximum absolute atomic E-state index is 12.7. The van der Waals surface area contributed by atoms with Crippen LogP contribution in [0.3, 0.4) is 0 Å². The van der Waals surface area contributed by atoms with Crippen molar-refractivity contribution in [3.8, 4) is 0 Å². The fourth-order valence-electron chi connectivity index (χ4n) is 2.70. The molecule has 2 rings (SSSR count). The van der Waals surface area contributed by atoms with Crippen LogP contribution >= 0.6 is 11.3 Å². The fraction of sp³-hybridized carbons (Fsp3) is 0.615. The third-order valence-electron chi connectivity index (χ3n) is 4.03. The van der Waals surface area contributed by atoms with Gasteiger partial charge in [-0.25, -0.2) is 9.78 Å². The van der Waals surface area contributed by atoms with Crippen LogP contribution in [0.4, 0.5) is 9.93 Å². The van der Waals surface area contributed by atoms with E-state index in [9.17, 15) is 9.59 Å². The van der Waals surface area contributed by atoms with Crippen molar-refractivity contribution >= 4 is 28.5 Å². The zero-order valence-corrected chi connectivity index (χ0v) is 13.0. The van der Waals surface area contributed by atoms with Crippen LogP contribution < -0.4 is 10.6 Å². The van der Waals surface area contributed by atoms with Crippen molar-refractivity contribution in [2.24, 2.45) is 0 Å². The van der Waals surface area contributed by atoms with Gasteiger partial charge in [0.1, 0.15) is 4.88 Å². The minimum atomic E-state index is -1.18. The quantitative estimate of drug-likeness (QED) is 0.788. The number of thiazole rings is 1. The zero-order valence-electron chi connectivity index (χ0n) is 12.2. The first kappa shape index (κ1) is 15.7. The molecule has 0 spiro atoms. The largest absolute Gasteiger partial charge is 0.465 e. The Kier molecular flexibility index (Phi) is 4.79. The van der Waals surface area contributed by atoms with Crippen molar-refractivity contribution < 1.29 is 14.7 Å². The number of hydrogen-bond donors (Lipinski definition) is 3. The van der Waals surface area contributed by atoms with E-state index in [2.05, 4.69) is 29.5 Å². The summed E-state index contributed by atoms with van der Waals surface area (Å²) in [4.78, 5) is 29.6. The lowest BCUT2D eigenvalue weighted by Gasteiger charge is -2.46. The van der Waals surface area contributed by atoms with Crippen LogP contribution in [-0.2, 0) is 0 Å². The van der Waals surface area contributed by atoms with Gasteiger partial charge in [-0.05, 0) is 12.8 Å². The van der Waals surface area contributed by atoms with E-state index in [1.807, 2.05) is 4.90 Å². The van der Waals surface area contributed by atoms with Gasteiger partial charge in [0.2, 0.25) is 0 Å². The lowest BCUT2D eigenvalue weighted by molar-refractivity contribution is 0.0343. The molecule has 0 radical (unpaired) electrons. The summed E-state index contributed by atoms with van der Waals surface area (Å²) in [5.74, 6) is -0.0730. The van der Waals surface area contributed by atoms with Gasteiger partial charge in [-0.1, -0.05) is 25.2 Å². The summed E-state index contributed by atoms with van der Waals surface area (Å²) < 4.78 is 0. The van der Waals surface area contributed by atoms with Gasteiger partial charge in [0.05, 0.1) is 11.7 Å². The summed E-state index contributed by atoms with van der Waals surface area (Å²) in [6, 6.07) is 0. The van der Waals surface area contributed by atoms with Crippen LogP contribution in [0.15, 0.2) is 6.20 Å². The predicted molar refractivity (Wildman–Crippen MR) is 81.0 cm³/mol. The summed E-state index contributed by atoms with van der Waals surface area (Å²) in [7, 11) is 0. The van der Waals surface area contributed by atoms with Gasteiger partial charge in [0.25, 0.3) is 5.91 Å².